The second kappa shape index (κ2) is 4.90. The van der Waals surface area contributed by atoms with Gasteiger partial charge in [0.05, 0.1) is 18.7 Å². The largest absolute Gasteiger partial charge is 0.462 e. The molecule has 19 heavy (non-hydrogen) atoms. The third-order valence-corrected chi connectivity index (χ3v) is 2.55. The Hall–Kier alpha value is -2.68. The number of pyridine rings is 1. The zero-order chi connectivity index (χ0) is 14.0. The average Bonchev–Trinajstić information content (AvgIpc) is 2.39. The second-order valence-electron chi connectivity index (χ2n) is 3.71. The minimum absolute atomic E-state index is 0.00323. The van der Waals surface area contributed by atoms with Crippen molar-refractivity contribution in [2.24, 2.45) is 0 Å². The Morgan fingerprint density at radius 1 is 1.53 bits per heavy atom. The quantitative estimate of drug-likeness (QED) is 0.666. The van der Waals surface area contributed by atoms with Crippen LogP contribution in [-0.2, 0) is 4.74 Å². The van der Waals surface area contributed by atoms with Gasteiger partial charge in [0.15, 0.2) is 5.69 Å². The molecule has 0 saturated carbocycles. The molecule has 2 aromatic rings. The van der Waals surface area contributed by atoms with E-state index < -0.39 is 17.2 Å². The van der Waals surface area contributed by atoms with E-state index in [4.69, 9.17) is 11.3 Å². The van der Waals surface area contributed by atoms with Crippen LogP contribution in [0.25, 0.3) is 15.7 Å². The van der Waals surface area contributed by atoms with Crippen LogP contribution in [0.15, 0.2) is 23.1 Å². The first-order chi connectivity index (χ1) is 9.08. The molecule has 0 aliphatic heterocycles. The van der Waals surface area contributed by atoms with Gasteiger partial charge in [-0.25, -0.2) is 14.0 Å². The minimum atomic E-state index is -0.778. The van der Waals surface area contributed by atoms with E-state index in [-0.39, 0.29) is 28.8 Å². The van der Waals surface area contributed by atoms with Crippen LogP contribution in [0.4, 0.5) is 10.1 Å². The number of aromatic amines is 1. The molecule has 2 rings (SSSR count). The molecule has 0 bridgehead atoms. The van der Waals surface area contributed by atoms with Crippen LogP contribution in [0.3, 0.4) is 0 Å². The SMILES string of the molecule is [C-]#[N+]c1cc(F)c2[nH]cc(C(=O)OCC)c(=O)c2c1. The molecule has 6 heteroatoms. The highest BCUT2D eigenvalue weighted by Crippen LogP contribution is 2.21. The number of carbonyl (C=O) groups excluding carboxylic acids is 1. The predicted octanol–water partition coefficient (Wildman–Crippen LogP) is 2.39. The molecule has 0 fully saturated rings. The number of nitrogens with zero attached hydrogens (tertiary/aromatic N) is 1. The zero-order valence-corrected chi connectivity index (χ0v) is 9.99. The molecular formula is C13H9FN2O3. The van der Waals surface area contributed by atoms with Crippen LogP contribution in [0.5, 0.6) is 0 Å². The Balaban J connectivity index is 2.74. The third-order valence-electron chi connectivity index (χ3n) is 2.55. The maximum atomic E-state index is 13.7. The summed E-state index contributed by atoms with van der Waals surface area (Å²) >= 11 is 0. The van der Waals surface area contributed by atoms with E-state index in [1.54, 1.807) is 6.92 Å². The lowest BCUT2D eigenvalue weighted by molar-refractivity contribution is 0.0524. The third kappa shape index (κ3) is 2.18. The normalized spacial score (nSPS) is 10.2. The molecule has 1 heterocycles. The molecule has 96 valence electrons. The van der Waals surface area contributed by atoms with Gasteiger partial charge in [0.25, 0.3) is 0 Å². The summed E-state index contributed by atoms with van der Waals surface area (Å²) in [6, 6.07) is 2.27. The van der Waals surface area contributed by atoms with Crippen molar-refractivity contribution in [1.29, 1.82) is 0 Å². The fourth-order valence-corrected chi connectivity index (χ4v) is 1.70. The van der Waals surface area contributed by atoms with Crippen LogP contribution in [-0.4, -0.2) is 17.6 Å². The van der Waals surface area contributed by atoms with Crippen LogP contribution in [0.2, 0.25) is 0 Å². The fourth-order valence-electron chi connectivity index (χ4n) is 1.70. The summed E-state index contributed by atoms with van der Waals surface area (Å²) in [7, 11) is 0. The van der Waals surface area contributed by atoms with Crippen LogP contribution < -0.4 is 5.43 Å². The Morgan fingerprint density at radius 3 is 2.89 bits per heavy atom. The molecule has 0 radical (unpaired) electrons. The van der Waals surface area contributed by atoms with Crippen molar-refractivity contribution < 1.29 is 13.9 Å². The Morgan fingerprint density at radius 2 is 2.26 bits per heavy atom. The molecule has 0 saturated heterocycles. The first-order valence-electron chi connectivity index (χ1n) is 5.48. The van der Waals surface area contributed by atoms with Gasteiger partial charge in [-0.15, -0.1) is 0 Å². The number of ether oxygens (including phenoxy) is 1. The summed E-state index contributed by atoms with van der Waals surface area (Å²) in [5.41, 5.74) is -0.908. The van der Waals surface area contributed by atoms with Gasteiger partial charge in [0.1, 0.15) is 11.4 Å². The standard InChI is InChI=1S/C13H9FN2O3/c1-3-19-13(18)9-6-16-11-8(12(9)17)4-7(15-2)5-10(11)14/h4-6H,3H2,1H3,(H,16,17). The van der Waals surface area contributed by atoms with Crippen LogP contribution >= 0.6 is 0 Å². The number of fused-ring (bicyclic) bond motifs is 1. The molecular weight excluding hydrogens is 251 g/mol. The molecule has 0 amide bonds. The van der Waals surface area contributed by atoms with E-state index in [0.29, 0.717) is 0 Å². The van der Waals surface area contributed by atoms with E-state index in [1.165, 1.54) is 6.07 Å². The molecule has 1 aromatic carbocycles. The Labute approximate surface area is 107 Å². The van der Waals surface area contributed by atoms with Crippen molar-refractivity contribution in [3.05, 3.63) is 51.4 Å². The van der Waals surface area contributed by atoms with Gasteiger partial charge in [-0.2, -0.15) is 0 Å². The van der Waals surface area contributed by atoms with Gasteiger partial charge >= 0.3 is 5.97 Å². The van der Waals surface area contributed by atoms with Crippen LogP contribution in [0.1, 0.15) is 17.3 Å². The van der Waals surface area contributed by atoms with Gasteiger partial charge in [-0.1, -0.05) is 0 Å². The predicted molar refractivity (Wildman–Crippen MR) is 66.7 cm³/mol. The maximum Gasteiger partial charge on any atom is 0.343 e. The molecule has 0 aliphatic carbocycles. The Kier molecular flexibility index (Phi) is 3.29. The molecule has 0 aliphatic rings. The Bertz CT molecular complexity index is 759. The number of hydrogen-bond acceptors (Lipinski definition) is 3. The lowest BCUT2D eigenvalue weighted by atomic mass is 10.1. The summed E-state index contributed by atoms with van der Waals surface area (Å²) in [5, 5.41) is -0.0449. The van der Waals surface area contributed by atoms with Gasteiger partial charge in [-0.05, 0) is 19.1 Å². The number of aromatic nitrogens is 1. The van der Waals surface area contributed by atoms with Gasteiger partial charge in [-0.3, -0.25) is 4.79 Å². The summed E-state index contributed by atoms with van der Waals surface area (Å²) in [6.07, 6.45) is 1.11. The minimum Gasteiger partial charge on any atom is -0.462 e. The lowest BCUT2D eigenvalue weighted by Crippen LogP contribution is -2.18. The van der Waals surface area contributed by atoms with E-state index in [1.807, 2.05) is 0 Å². The second-order valence-corrected chi connectivity index (χ2v) is 3.71. The van der Waals surface area contributed by atoms with Gasteiger partial charge in [0, 0.05) is 11.6 Å². The number of carbonyl (C=O) groups is 1. The monoisotopic (exact) mass is 260 g/mol. The fraction of sp³-hybridized carbons (Fsp3) is 0.154. The van der Waals surface area contributed by atoms with E-state index >= 15 is 0 Å². The summed E-state index contributed by atoms with van der Waals surface area (Å²) in [5.74, 6) is -1.49. The van der Waals surface area contributed by atoms with Gasteiger partial charge in [0.2, 0.25) is 5.43 Å². The number of halogens is 1. The highest BCUT2D eigenvalue weighted by atomic mass is 19.1. The van der Waals surface area contributed by atoms with E-state index in [2.05, 4.69) is 9.83 Å². The molecule has 5 nitrogen and oxygen atoms in total. The number of esters is 1. The first kappa shape index (κ1) is 12.8. The van der Waals surface area contributed by atoms with Crippen molar-refractivity contribution in [2.45, 2.75) is 6.92 Å². The van der Waals surface area contributed by atoms with Crippen LogP contribution in [0, 0.1) is 12.4 Å². The number of rotatable bonds is 2. The summed E-state index contributed by atoms with van der Waals surface area (Å²) in [6.45, 7) is 8.59. The highest BCUT2D eigenvalue weighted by Gasteiger charge is 2.16. The maximum absolute atomic E-state index is 13.7. The van der Waals surface area contributed by atoms with E-state index in [0.717, 1.165) is 12.3 Å². The summed E-state index contributed by atoms with van der Waals surface area (Å²) in [4.78, 5) is 29.2. The molecule has 0 spiro atoms. The number of nitrogens with one attached hydrogen (secondary N) is 1. The van der Waals surface area contributed by atoms with Crippen molar-refractivity contribution in [3.63, 3.8) is 0 Å². The topological polar surface area (TPSA) is 63.5 Å². The van der Waals surface area contributed by atoms with Crippen molar-refractivity contribution in [2.75, 3.05) is 6.61 Å². The van der Waals surface area contributed by atoms with Gasteiger partial charge < -0.3 is 9.72 Å². The van der Waals surface area contributed by atoms with Crippen molar-refractivity contribution >= 4 is 22.6 Å². The number of H-pyrrole nitrogens is 1. The molecule has 1 N–H and O–H groups in total. The molecule has 0 unspecified atom stereocenters. The lowest BCUT2D eigenvalue weighted by Gasteiger charge is -2.04. The molecule has 0 atom stereocenters. The first-order valence-corrected chi connectivity index (χ1v) is 5.48. The zero-order valence-electron chi connectivity index (χ0n) is 9.99. The smallest absolute Gasteiger partial charge is 0.343 e. The van der Waals surface area contributed by atoms with Crippen molar-refractivity contribution in [1.82, 2.24) is 4.98 Å². The van der Waals surface area contributed by atoms with E-state index in [9.17, 15) is 14.0 Å². The molecule has 1 aromatic heterocycles. The highest BCUT2D eigenvalue weighted by molar-refractivity contribution is 5.94. The van der Waals surface area contributed by atoms with Crippen molar-refractivity contribution in [3.8, 4) is 0 Å². The number of hydrogen-bond donors (Lipinski definition) is 1. The summed E-state index contributed by atoms with van der Waals surface area (Å²) < 4.78 is 18.4. The number of benzene rings is 1. The average molecular weight is 260 g/mol.